The van der Waals surface area contributed by atoms with Gasteiger partial charge in [0.25, 0.3) is 5.56 Å². The zero-order valence-electron chi connectivity index (χ0n) is 8.85. The minimum Gasteiger partial charge on any atom is -0.494 e. The van der Waals surface area contributed by atoms with E-state index in [2.05, 4.69) is 4.74 Å². The molecule has 1 aromatic heterocycles. The van der Waals surface area contributed by atoms with Gasteiger partial charge in [0.2, 0.25) is 5.88 Å². The van der Waals surface area contributed by atoms with Crippen molar-refractivity contribution in [3.8, 4) is 11.9 Å². The number of carbonyl (C=O) groups excluding carboxylic acids is 1. The maximum absolute atomic E-state index is 11.4. The number of ether oxygens (including phenoxy) is 1. The Morgan fingerprint density at radius 3 is 2.81 bits per heavy atom. The summed E-state index contributed by atoms with van der Waals surface area (Å²) in [4.78, 5) is 22.8. The topological polar surface area (TPSA) is 92.3 Å². The highest BCUT2D eigenvalue weighted by Crippen LogP contribution is 2.15. The molecule has 1 heterocycles. The van der Waals surface area contributed by atoms with Crippen LogP contribution in [0.5, 0.6) is 5.88 Å². The highest BCUT2D eigenvalue weighted by molar-refractivity contribution is 5.92. The van der Waals surface area contributed by atoms with Crippen LogP contribution in [-0.2, 0) is 11.8 Å². The van der Waals surface area contributed by atoms with Gasteiger partial charge in [-0.05, 0) is 13.0 Å². The van der Waals surface area contributed by atoms with Crippen molar-refractivity contribution in [1.29, 1.82) is 5.26 Å². The molecule has 0 bridgehead atoms. The second-order valence-corrected chi connectivity index (χ2v) is 2.99. The summed E-state index contributed by atoms with van der Waals surface area (Å²) in [7, 11) is 1.27. The molecule has 0 aromatic carbocycles. The predicted molar refractivity (Wildman–Crippen MR) is 54.0 cm³/mol. The number of aromatic nitrogens is 1. The Morgan fingerprint density at radius 2 is 2.31 bits per heavy atom. The van der Waals surface area contributed by atoms with Crippen molar-refractivity contribution >= 4 is 5.97 Å². The fourth-order valence-corrected chi connectivity index (χ4v) is 1.17. The van der Waals surface area contributed by atoms with Gasteiger partial charge in [-0.2, -0.15) is 5.26 Å². The van der Waals surface area contributed by atoms with Crippen molar-refractivity contribution in [3.05, 3.63) is 27.5 Å². The van der Waals surface area contributed by atoms with Crippen molar-refractivity contribution in [1.82, 2.24) is 4.57 Å². The minimum absolute atomic E-state index is 0.142. The lowest BCUT2D eigenvalue weighted by molar-refractivity contribution is 0.0521. The Hall–Kier alpha value is -2.29. The van der Waals surface area contributed by atoms with E-state index in [1.165, 1.54) is 7.05 Å². The molecule has 0 amide bonds. The van der Waals surface area contributed by atoms with E-state index >= 15 is 0 Å². The molecule has 0 unspecified atom stereocenters. The summed E-state index contributed by atoms with van der Waals surface area (Å²) in [5.74, 6) is -1.28. The molecule has 0 aliphatic rings. The Morgan fingerprint density at radius 1 is 1.69 bits per heavy atom. The van der Waals surface area contributed by atoms with Crippen LogP contribution in [0.4, 0.5) is 0 Å². The molecule has 6 heteroatoms. The van der Waals surface area contributed by atoms with Crippen LogP contribution in [0.1, 0.15) is 22.8 Å². The first-order valence-corrected chi connectivity index (χ1v) is 4.53. The molecule has 1 rings (SSSR count). The van der Waals surface area contributed by atoms with Crippen LogP contribution in [-0.4, -0.2) is 22.2 Å². The van der Waals surface area contributed by atoms with E-state index in [0.717, 1.165) is 10.6 Å². The molecule has 0 radical (unpaired) electrons. The van der Waals surface area contributed by atoms with Gasteiger partial charge in [0.05, 0.1) is 6.61 Å². The monoisotopic (exact) mass is 222 g/mol. The van der Waals surface area contributed by atoms with Gasteiger partial charge >= 0.3 is 5.97 Å². The third-order valence-corrected chi connectivity index (χ3v) is 2.00. The van der Waals surface area contributed by atoms with E-state index in [4.69, 9.17) is 5.26 Å². The normalized spacial score (nSPS) is 9.56. The van der Waals surface area contributed by atoms with Crippen molar-refractivity contribution < 1.29 is 14.6 Å². The van der Waals surface area contributed by atoms with Gasteiger partial charge < -0.3 is 9.84 Å². The van der Waals surface area contributed by atoms with Crippen molar-refractivity contribution in [3.63, 3.8) is 0 Å². The quantitative estimate of drug-likeness (QED) is 0.718. The van der Waals surface area contributed by atoms with Crippen molar-refractivity contribution in [2.75, 3.05) is 6.61 Å². The molecule has 0 saturated carbocycles. The number of hydrogen-bond acceptors (Lipinski definition) is 5. The molecule has 1 N–H and O–H groups in total. The van der Waals surface area contributed by atoms with E-state index in [1.54, 1.807) is 13.0 Å². The van der Waals surface area contributed by atoms with Gasteiger partial charge in [-0.3, -0.25) is 9.36 Å². The summed E-state index contributed by atoms with van der Waals surface area (Å²) < 4.78 is 5.50. The lowest BCUT2D eigenvalue weighted by atomic mass is 10.2. The van der Waals surface area contributed by atoms with Crippen LogP contribution in [0.15, 0.2) is 10.9 Å². The first kappa shape index (κ1) is 11.8. The van der Waals surface area contributed by atoms with Crippen LogP contribution in [0.2, 0.25) is 0 Å². The molecule has 1 aromatic rings. The third kappa shape index (κ3) is 1.88. The van der Waals surface area contributed by atoms with Crippen molar-refractivity contribution in [2.24, 2.45) is 7.05 Å². The molecular formula is C10H10N2O4. The van der Waals surface area contributed by atoms with Crippen LogP contribution in [0, 0.1) is 11.3 Å². The van der Waals surface area contributed by atoms with Gasteiger partial charge in [-0.25, -0.2) is 4.79 Å². The molecular weight excluding hydrogens is 212 g/mol. The Kier molecular flexibility index (Phi) is 3.30. The fraction of sp³-hybridized carbons (Fsp3) is 0.300. The molecule has 0 aliphatic heterocycles. The number of hydrogen-bond donors (Lipinski definition) is 1. The van der Waals surface area contributed by atoms with E-state index in [0.29, 0.717) is 0 Å². The summed E-state index contributed by atoms with van der Waals surface area (Å²) in [5.41, 5.74) is -1.07. The third-order valence-electron chi connectivity index (χ3n) is 2.00. The molecule has 0 fully saturated rings. The van der Waals surface area contributed by atoms with E-state index < -0.39 is 17.4 Å². The van der Waals surface area contributed by atoms with Gasteiger partial charge in [-0.1, -0.05) is 0 Å². The zero-order valence-corrected chi connectivity index (χ0v) is 8.85. The first-order valence-electron chi connectivity index (χ1n) is 4.53. The maximum Gasteiger partial charge on any atom is 0.343 e. The maximum atomic E-state index is 11.4. The largest absolute Gasteiger partial charge is 0.494 e. The van der Waals surface area contributed by atoms with Gasteiger partial charge in [-0.15, -0.1) is 0 Å². The Bertz CT molecular complexity index is 525. The second-order valence-electron chi connectivity index (χ2n) is 2.99. The zero-order chi connectivity index (χ0) is 12.3. The SMILES string of the molecule is CCOC(=O)c1cc(C#N)c(=O)n(C)c1O. The van der Waals surface area contributed by atoms with Crippen LogP contribution in [0.25, 0.3) is 0 Å². The van der Waals surface area contributed by atoms with Crippen LogP contribution >= 0.6 is 0 Å². The number of aromatic hydroxyl groups is 1. The van der Waals surface area contributed by atoms with Gasteiger partial charge in [0, 0.05) is 7.05 Å². The number of nitriles is 1. The Balaban J connectivity index is 3.43. The molecule has 16 heavy (non-hydrogen) atoms. The number of esters is 1. The first-order chi connectivity index (χ1) is 7.52. The van der Waals surface area contributed by atoms with E-state index in [1.807, 2.05) is 0 Å². The number of carbonyl (C=O) groups is 1. The summed E-state index contributed by atoms with van der Waals surface area (Å²) in [6.07, 6.45) is 0. The lowest BCUT2D eigenvalue weighted by Crippen LogP contribution is -2.22. The number of nitrogens with zero attached hydrogens (tertiary/aromatic N) is 2. The average molecular weight is 222 g/mol. The predicted octanol–water partition coefficient (Wildman–Crippen LogP) is 0.139. The van der Waals surface area contributed by atoms with Crippen molar-refractivity contribution in [2.45, 2.75) is 6.92 Å². The van der Waals surface area contributed by atoms with Gasteiger partial charge in [0.1, 0.15) is 17.2 Å². The van der Waals surface area contributed by atoms with E-state index in [9.17, 15) is 14.7 Å². The van der Waals surface area contributed by atoms with Crippen LogP contribution in [0.3, 0.4) is 0 Å². The standard InChI is InChI=1S/C10H10N2O4/c1-3-16-10(15)7-4-6(5-11)8(13)12(2)9(7)14/h4,14H,3H2,1-2H3. The lowest BCUT2D eigenvalue weighted by Gasteiger charge is -2.08. The summed E-state index contributed by atoms with van der Waals surface area (Å²) in [6, 6.07) is 2.67. The molecule has 84 valence electrons. The molecule has 0 aliphatic carbocycles. The second kappa shape index (κ2) is 4.49. The molecule has 0 spiro atoms. The summed E-state index contributed by atoms with van der Waals surface area (Å²) >= 11 is 0. The average Bonchev–Trinajstić information content (AvgIpc) is 2.27. The fourth-order valence-electron chi connectivity index (χ4n) is 1.17. The highest BCUT2D eigenvalue weighted by Gasteiger charge is 2.18. The molecule has 0 atom stereocenters. The summed E-state index contributed by atoms with van der Waals surface area (Å²) in [6.45, 7) is 1.76. The summed E-state index contributed by atoms with van der Waals surface area (Å²) in [5, 5.41) is 18.2. The number of rotatable bonds is 2. The molecule has 6 nitrogen and oxygen atoms in total. The Labute approximate surface area is 91.3 Å². The molecule has 0 saturated heterocycles. The minimum atomic E-state index is -0.771. The van der Waals surface area contributed by atoms with E-state index in [-0.39, 0.29) is 17.7 Å². The van der Waals surface area contributed by atoms with Crippen LogP contribution < -0.4 is 5.56 Å². The highest BCUT2D eigenvalue weighted by atomic mass is 16.5. The smallest absolute Gasteiger partial charge is 0.343 e. The van der Waals surface area contributed by atoms with Gasteiger partial charge in [0.15, 0.2) is 0 Å². The number of pyridine rings is 1.